The summed E-state index contributed by atoms with van der Waals surface area (Å²) in [5.41, 5.74) is 2.76. The van der Waals surface area contributed by atoms with Crippen molar-refractivity contribution < 1.29 is 23.8 Å². The third-order valence-electron chi connectivity index (χ3n) is 6.04. The number of carbonyl (C=O) groups is 1. The van der Waals surface area contributed by atoms with Crippen molar-refractivity contribution in [2.75, 3.05) is 39.6 Å². The Kier molecular flexibility index (Phi) is 6.47. The summed E-state index contributed by atoms with van der Waals surface area (Å²) in [6.45, 7) is 5.44. The second-order valence-electron chi connectivity index (χ2n) is 8.21. The maximum absolute atomic E-state index is 13.2. The fraction of sp³-hybridized carbons (Fsp3) is 0.636. The van der Waals surface area contributed by atoms with E-state index in [0.29, 0.717) is 58.8 Å². The number of nitrogens with one attached hydrogen (secondary N) is 1. The third-order valence-corrected chi connectivity index (χ3v) is 6.04. The first-order valence-corrected chi connectivity index (χ1v) is 10.5. The van der Waals surface area contributed by atoms with Crippen LogP contribution < -0.4 is 5.32 Å². The second kappa shape index (κ2) is 9.24. The topological polar surface area (TPSA) is 78.4 Å². The summed E-state index contributed by atoms with van der Waals surface area (Å²) in [6, 6.07) is 8.30. The summed E-state index contributed by atoms with van der Waals surface area (Å²) in [5, 5.41) is 7.40. The molecule has 2 unspecified atom stereocenters. The predicted octanol–water partition coefficient (Wildman–Crippen LogP) is 2.21. The van der Waals surface area contributed by atoms with E-state index in [2.05, 4.69) is 41.7 Å². The zero-order valence-electron chi connectivity index (χ0n) is 17.0. The van der Waals surface area contributed by atoms with Gasteiger partial charge in [-0.05, 0) is 25.3 Å². The zero-order chi connectivity index (χ0) is 20.1. The third kappa shape index (κ3) is 4.97. The average Bonchev–Trinajstić information content (AvgIpc) is 3.22. The van der Waals surface area contributed by atoms with Crippen molar-refractivity contribution in [3.05, 3.63) is 35.4 Å². The van der Waals surface area contributed by atoms with E-state index in [1.165, 1.54) is 5.56 Å². The van der Waals surface area contributed by atoms with Gasteiger partial charge in [0, 0.05) is 32.6 Å². The van der Waals surface area contributed by atoms with Gasteiger partial charge in [-0.15, -0.1) is 0 Å². The van der Waals surface area contributed by atoms with Crippen LogP contribution in [0.2, 0.25) is 0 Å². The molecule has 0 radical (unpaired) electrons. The molecule has 158 valence electrons. The SMILES string of the molecule is Cc1ccc(C2=NOC(CC3(C(=O)NCC4COCCO4)CCOCC3)C2)cc1. The highest BCUT2D eigenvalue weighted by Crippen LogP contribution is 2.38. The number of oxime groups is 1. The molecule has 3 aliphatic rings. The molecule has 29 heavy (non-hydrogen) atoms. The van der Waals surface area contributed by atoms with Crippen LogP contribution in [0.15, 0.2) is 29.4 Å². The Hall–Kier alpha value is -1.96. The molecule has 0 bridgehead atoms. The molecule has 3 heterocycles. The quantitative estimate of drug-likeness (QED) is 0.789. The van der Waals surface area contributed by atoms with Crippen LogP contribution in [-0.2, 0) is 23.8 Å². The van der Waals surface area contributed by atoms with Crippen LogP contribution in [0.4, 0.5) is 0 Å². The average molecular weight is 402 g/mol. The lowest BCUT2D eigenvalue weighted by molar-refractivity contribution is -0.142. The van der Waals surface area contributed by atoms with E-state index >= 15 is 0 Å². The highest BCUT2D eigenvalue weighted by molar-refractivity contribution is 6.01. The number of ether oxygens (including phenoxy) is 3. The molecular formula is C22H30N2O5. The van der Waals surface area contributed by atoms with Gasteiger partial charge in [-0.25, -0.2) is 0 Å². The molecule has 2 atom stereocenters. The van der Waals surface area contributed by atoms with Gasteiger partial charge in [0.25, 0.3) is 0 Å². The van der Waals surface area contributed by atoms with Crippen LogP contribution in [0.5, 0.6) is 0 Å². The number of benzene rings is 1. The van der Waals surface area contributed by atoms with Crippen LogP contribution in [-0.4, -0.2) is 63.4 Å². The highest BCUT2D eigenvalue weighted by Gasteiger charge is 2.43. The fourth-order valence-electron chi connectivity index (χ4n) is 4.22. The molecular weight excluding hydrogens is 372 g/mol. The van der Waals surface area contributed by atoms with E-state index in [0.717, 1.165) is 17.7 Å². The number of aryl methyl sites for hydroxylation is 1. The molecule has 1 amide bonds. The lowest BCUT2D eigenvalue weighted by Crippen LogP contribution is -2.49. The van der Waals surface area contributed by atoms with Crippen molar-refractivity contribution in [1.29, 1.82) is 0 Å². The molecule has 3 aliphatic heterocycles. The van der Waals surface area contributed by atoms with Gasteiger partial charge in [0.1, 0.15) is 6.10 Å². The molecule has 0 spiro atoms. The first-order valence-electron chi connectivity index (χ1n) is 10.5. The largest absolute Gasteiger partial charge is 0.392 e. The number of hydrogen-bond donors (Lipinski definition) is 1. The zero-order valence-corrected chi connectivity index (χ0v) is 17.0. The predicted molar refractivity (Wildman–Crippen MR) is 108 cm³/mol. The smallest absolute Gasteiger partial charge is 0.226 e. The number of carbonyl (C=O) groups excluding carboxylic acids is 1. The van der Waals surface area contributed by atoms with Crippen LogP contribution >= 0.6 is 0 Å². The standard InChI is InChI=1S/C22H30N2O5/c1-16-2-4-17(5-3-16)20-12-18(29-24-20)13-22(6-8-26-9-7-22)21(25)23-14-19-15-27-10-11-28-19/h2-5,18-19H,6-15H2,1H3,(H,23,25). The highest BCUT2D eigenvalue weighted by atomic mass is 16.6. The molecule has 7 heteroatoms. The number of rotatable bonds is 6. The van der Waals surface area contributed by atoms with Crippen molar-refractivity contribution in [3.63, 3.8) is 0 Å². The van der Waals surface area contributed by atoms with E-state index in [1.807, 2.05) is 0 Å². The van der Waals surface area contributed by atoms with Gasteiger partial charge in [0.15, 0.2) is 0 Å². The summed E-state index contributed by atoms with van der Waals surface area (Å²) in [5.74, 6) is 0.0577. The molecule has 2 saturated heterocycles. The van der Waals surface area contributed by atoms with Crippen LogP contribution in [0.1, 0.15) is 36.8 Å². The van der Waals surface area contributed by atoms with Gasteiger partial charge in [-0.2, -0.15) is 0 Å². The first-order chi connectivity index (χ1) is 14.1. The molecule has 1 aromatic carbocycles. The minimum Gasteiger partial charge on any atom is -0.392 e. The number of hydrogen-bond acceptors (Lipinski definition) is 6. The molecule has 1 aromatic rings. The Morgan fingerprint density at radius 2 is 1.90 bits per heavy atom. The van der Waals surface area contributed by atoms with E-state index in [4.69, 9.17) is 19.0 Å². The maximum atomic E-state index is 13.2. The van der Waals surface area contributed by atoms with Gasteiger partial charge in [0.05, 0.1) is 37.1 Å². The Labute approximate surface area is 171 Å². The van der Waals surface area contributed by atoms with Gasteiger partial charge in [-0.1, -0.05) is 35.0 Å². The van der Waals surface area contributed by atoms with Gasteiger partial charge >= 0.3 is 0 Å². The molecule has 0 aliphatic carbocycles. The van der Waals surface area contributed by atoms with E-state index in [9.17, 15) is 4.79 Å². The lowest BCUT2D eigenvalue weighted by atomic mass is 9.74. The van der Waals surface area contributed by atoms with Gasteiger partial charge < -0.3 is 24.4 Å². The summed E-state index contributed by atoms with van der Waals surface area (Å²) >= 11 is 0. The molecule has 2 fully saturated rings. The Morgan fingerprint density at radius 3 is 2.62 bits per heavy atom. The number of nitrogens with zero attached hydrogens (tertiary/aromatic N) is 1. The summed E-state index contributed by atoms with van der Waals surface area (Å²) in [6.07, 6.45) is 2.58. The molecule has 0 saturated carbocycles. The Morgan fingerprint density at radius 1 is 1.10 bits per heavy atom. The van der Waals surface area contributed by atoms with Crippen molar-refractivity contribution in [1.82, 2.24) is 5.32 Å². The first kappa shape index (κ1) is 20.3. The van der Waals surface area contributed by atoms with Crippen molar-refractivity contribution in [2.45, 2.75) is 44.8 Å². The number of amides is 1. The lowest BCUT2D eigenvalue weighted by Gasteiger charge is -2.37. The monoisotopic (exact) mass is 402 g/mol. The second-order valence-corrected chi connectivity index (χ2v) is 8.21. The van der Waals surface area contributed by atoms with Gasteiger partial charge in [-0.3, -0.25) is 4.79 Å². The van der Waals surface area contributed by atoms with E-state index < -0.39 is 5.41 Å². The summed E-state index contributed by atoms with van der Waals surface area (Å²) < 4.78 is 16.6. The maximum Gasteiger partial charge on any atom is 0.226 e. The van der Waals surface area contributed by atoms with Crippen LogP contribution in [0.3, 0.4) is 0 Å². The molecule has 0 aromatic heterocycles. The summed E-state index contributed by atoms with van der Waals surface area (Å²) in [4.78, 5) is 18.9. The van der Waals surface area contributed by atoms with Crippen LogP contribution in [0, 0.1) is 12.3 Å². The van der Waals surface area contributed by atoms with Crippen molar-refractivity contribution >= 4 is 11.6 Å². The molecule has 1 N–H and O–H groups in total. The fourth-order valence-corrected chi connectivity index (χ4v) is 4.22. The van der Waals surface area contributed by atoms with E-state index in [1.54, 1.807) is 0 Å². The Balaban J connectivity index is 1.36. The normalized spacial score (nSPS) is 26.4. The molecule has 4 rings (SSSR count). The molecule has 7 nitrogen and oxygen atoms in total. The van der Waals surface area contributed by atoms with Crippen molar-refractivity contribution in [2.24, 2.45) is 10.6 Å². The Bertz CT molecular complexity index is 721. The van der Waals surface area contributed by atoms with E-state index in [-0.39, 0.29) is 18.1 Å². The van der Waals surface area contributed by atoms with Crippen molar-refractivity contribution in [3.8, 4) is 0 Å². The van der Waals surface area contributed by atoms with Gasteiger partial charge in [0.2, 0.25) is 5.91 Å². The minimum absolute atomic E-state index is 0.0577. The minimum atomic E-state index is -0.489. The van der Waals surface area contributed by atoms with Crippen LogP contribution in [0.25, 0.3) is 0 Å². The summed E-state index contributed by atoms with van der Waals surface area (Å²) in [7, 11) is 0.